The second-order valence-corrected chi connectivity index (χ2v) is 4.78. The van der Waals surface area contributed by atoms with Gasteiger partial charge < -0.3 is 15.0 Å². The number of piperidine rings is 1. The van der Waals surface area contributed by atoms with Gasteiger partial charge in [0, 0.05) is 20.2 Å². The normalized spacial score (nSPS) is 22.5. The molecule has 3 heteroatoms. The number of nitrogens with one attached hydrogen (secondary N) is 1. The van der Waals surface area contributed by atoms with E-state index in [9.17, 15) is 0 Å². The molecule has 1 aliphatic rings. The van der Waals surface area contributed by atoms with Crippen molar-refractivity contribution in [2.45, 2.75) is 19.8 Å². The summed E-state index contributed by atoms with van der Waals surface area (Å²) in [7, 11) is 3.96. The summed E-state index contributed by atoms with van der Waals surface area (Å²) < 4.78 is 5.01. The van der Waals surface area contributed by atoms with E-state index in [1.807, 2.05) is 0 Å². The summed E-state index contributed by atoms with van der Waals surface area (Å²) in [6.07, 6.45) is 2.62. The molecular weight excluding hydrogens is 176 g/mol. The van der Waals surface area contributed by atoms with Crippen molar-refractivity contribution in [3.05, 3.63) is 0 Å². The SMILES string of the molecule is COCCNCC1(C)CCN(C)CC1. The molecule has 1 fully saturated rings. The standard InChI is InChI=1S/C11H24N2O/c1-11(10-12-6-9-14-3)4-7-13(2)8-5-11/h12H,4-10H2,1-3H3. The first-order chi connectivity index (χ1) is 6.66. The van der Waals surface area contributed by atoms with Crippen molar-refractivity contribution in [2.24, 2.45) is 5.41 Å². The topological polar surface area (TPSA) is 24.5 Å². The fraction of sp³-hybridized carbons (Fsp3) is 1.00. The zero-order chi connectivity index (χ0) is 10.4. The zero-order valence-electron chi connectivity index (χ0n) is 9.81. The Morgan fingerprint density at radius 1 is 1.36 bits per heavy atom. The largest absolute Gasteiger partial charge is 0.383 e. The van der Waals surface area contributed by atoms with Crippen LogP contribution in [0.25, 0.3) is 0 Å². The van der Waals surface area contributed by atoms with E-state index < -0.39 is 0 Å². The van der Waals surface area contributed by atoms with E-state index in [4.69, 9.17) is 4.74 Å². The summed E-state index contributed by atoms with van der Waals surface area (Å²) in [5.41, 5.74) is 0.500. The second-order valence-electron chi connectivity index (χ2n) is 4.78. The van der Waals surface area contributed by atoms with E-state index in [1.165, 1.54) is 25.9 Å². The van der Waals surface area contributed by atoms with Gasteiger partial charge in [0.15, 0.2) is 0 Å². The summed E-state index contributed by atoms with van der Waals surface area (Å²) in [6, 6.07) is 0. The zero-order valence-corrected chi connectivity index (χ0v) is 9.81. The molecule has 1 aliphatic heterocycles. The van der Waals surface area contributed by atoms with E-state index in [-0.39, 0.29) is 0 Å². The molecular formula is C11H24N2O. The molecule has 0 aromatic carbocycles. The van der Waals surface area contributed by atoms with Gasteiger partial charge in [-0.15, -0.1) is 0 Å². The molecule has 0 spiro atoms. The van der Waals surface area contributed by atoms with Crippen molar-refractivity contribution in [1.29, 1.82) is 0 Å². The molecule has 0 unspecified atom stereocenters. The van der Waals surface area contributed by atoms with Gasteiger partial charge >= 0.3 is 0 Å². The number of hydrogen-bond donors (Lipinski definition) is 1. The third-order valence-electron chi connectivity index (χ3n) is 3.23. The van der Waals surface area contributed by atoms with E-state index in [2.05, 4.69) is 24.2 Å². The minimum absolute atomic E-state index is 0.500. The maximum atomic E-state index is 5.01. The Hall–Kier alpha value is -0.120. The van der Waals surface area contributed by atoms with Crippen LogP contribution in [0, 0.1) is 5.41 Å². The van der Waals surface area contributed by atoms with Gasteiger partial charge in [-0.25, -0.2) is 0 Å². The van der Waals surface area contributed by atoms with Crippen LogP contribution >= 0.6 is 0 Å². The Bertz CT molecular complexity index is 153. The summed E-state index contributed by atoms with van der Waals surface area (Å²) in [4.78, 5) is 2.41. The van der Waals surface area contributed by atoms with Gasteiger partial charge in [0.05, 0.1) is 6.61 Å². The molecule has 1 rings (SSSR count). The molecule has 0 aromatic rings. The van der Waals surface area contributed by atoms with Crippen LogP contribution in [0.15, 0.2) is 0 Å². The van der Waals surface area contributed by atoms with Crippen LogP contribution in [0.5, 0.6) is 0 Å². The van der Waals surface area contributed by atoms with E-state index >= 15 is 0 Å². The first-order valence-corrected chi connectivity index (χ1v) is 5.54. The minimum Gasteiger partial charge on any atom is -0.383 e. The minimum atomic E-state index is 0.500. The molecule has 0 radical (unpaired) electrons. The summed E-state index contributed by atoms with van der Waals surface area (Å²) in [5, 5.41) is 3.47. The molecule has 1 saturated heterocycles. The van der Waals surface area contributed by atoms with Crippen LogP contribution in [0.4, 0.5) is 0 Å². The highest BCUT2D eigenvalue weighted by molar-refractivity contribution is 4.82. The maximum absolute atomic E-state index is 5.01. The van der Waals surface area contributed by atoms with Crippen molar-refractivity contribution in [2.75, 3.05) is 46.9 Å². The van der Waals surface area contributed by atoms with Gasteiger partial charge in [0.25, 0.3) is 0 Å². The van der Waals surface area contributed by atoms with E-state index in [1.54, 1.807) is 7.11 Å². The summed E-state index contributed by atoms with van der Waals surface area (Å²) in [6.45, 7) is 7.78. The number of likely N-dealkylation sites (tertiary alicyclic amines) is 1. The van der Waals surface area contributed by atoms with Gasteiger partial charge in [-0.1, -0.05) is 6.92 Å². The lowest BCUT2D eigenvalue weighted by Gasteiger charge is -2.38. The molecule has 0 bridgehead atoms. The van der Waals surface area contributed by atoms with Crippen molar-refractivity contribution < 1.29 is 4.74 Å². The lowest BCUT2D eigenvalue weighted by molar-refractivity contribution is 0.131. The Morgan fingerprint density at radius 3 is 2.57 bits per heavy atom. The highest BCUT2D eigenvalue weighted by atomic mass is 16.5. The lowest BCUT2D eigenvalue weighted by atomic mass is 9.80. The molecule has 0 atom stereocenters. The van der Waals surface area contributed by atoms with Crippen molar-refractivity contribution in [3.63, 3.8) is 0 Å². The number of methoxy groups -OCH3 is 1. The predicted molar refractivity (Wildman–Crippen MR) is 59.6 cm³/mol. The van der Waals surface area contributed by atoms with E-state index in [0.717, 1.165) is 19.7 Å². The first-order valence-electron chi connectivity index (χ1n) is 5.54. The lowest BCUT2D eigenvalue weighted by Crippen LogP contribution is -2.42. The van der Waals surface area contributed by atoms with Gasteiger partial charge in [0.2, 0.25) is 0 Å². The molecule has 84 valence electrons. The van der Waals surface area contributed by atoms with Gasteiger partial charge in [-0.3, -0.25) is 0 Å². The first kappa shape index (κ1) is 12.0. The third-order valence-corrected chi connectivity index (χ3v) is 3.23. The monoisotopic (exact) mass is 200 g/mol. The molecule has 3 nitrogen and oxygen atoms in total. The number of hydrogen-bond acceptors (Lipinski definition) is 3. The summed E-state index contributed by atoms with van der Waals surface area (Å²) in [5.74, 6) is 0. The third kappa shape index (κ3) is 3.95. The van der Waals surface area contributed by atoms with E-state index in [0.29, 0.717) is 5.41 Å². The van der Waals surface area contributed by atoms with Gasteiger partial charge in [-0.05, 0) is 38.4 Å². The molecule has 1 N–H and O–H groups in total. The highest BCUT2D eigenvalue weighted by Crippen LogP contribution is 2.29. The fourth-order valence-corrected chi connectivity index (χ4v) is 1.90. The Kier molecular flexibility index (Phi) is 4.85. The van der Waals surface area contributed by atoms with Gasteiger partial charge in [-0.2, -0.15) is 0 Å². The highest BCUT2D eigenvalue weighted by Gasteiger charge is 2.27. The smallest absolute Gasteiger partial charge is 0.0587 e. The molecule has 0 amide bonds. The quantitative estimate of drug-likeness (QED) is 0.669. The van der Waals surface area contributed by atoms with Crippen LogP contribution in [-0.4, -0.2) is 51.8 Å². The van der Waals surface area contributed by atoms with Crippen molar-refractivity contribution in [1.82, 2.24) is 10.2 Å². The maximum Gasteiger partial charge on any atom is 0.0587 e. The van der Waals surface area contributed by atoms with Crippen molar-refractivity contribution >= 4 is 0 Å². The van der Waals surface area contributed by atoms with Crippen LogP contribution in [-0.2, 0) is 4.74 Å². The second kappa shape index (κ2) is 5.69. The molecule has 0 saturated carbocycles. The van der Waals surface area contributed by atoms with Gasteiger partial charge in [0.1, 0.15) is 0 Å². The predicted octanol–water partition coefficient (Wildman–Crippen LogP) is 0.954. The van der Waals surface area contributed by atoms with Crippen LogP contribution in [0.3, 0.4) is 0 Å². The average Bonchev–Trinajstić information content (AvgIpc) is 2.18. The average molecular weight is 200 g/mol. The molecule has 0 aromatic heterocycles. The fourth-order valence-electron chi connectivity index (χ4n) is 1.90. The van der Waals surface area contributed by atoms with Crippen LogP contribution in [0.1, 0.15) is 19.8 Å². The molecule has 0 aliphatic carbocycles. The van der Waals surface area contributed by atoms with Crippen molar-refractivity contribution in [3.8, 4) is 0 Å². The number of ether oxygens (including phenoxy) is 1. The summed E-state index contributed by atoms with van der Waals surface area (Å²) >= 11 is 0. The molecule has 14 heavy (non-hydrogen) atoms. The molecule has 1 heterocycles. The number of rotatable bonds is 5. The van der Waals surface area contributed by atoms with Crippen LogP contribution < -0.4 is 5.32 Å². The number of nitrogens with zero attached hydrogens (tertiary/aromatic N) is 1. The Balaban J connectivity index is 2.15. The Labute approximate surface area is 87.8 Å². The Morgan fingerprint density at radius 2 is 2.00 bits per heavy atom. The van der Waals surface area contributed by atoms with Crippen LogP contribution in [0.2, 0.25) is 0 Å².